The molecule has 1 unspecified atom stereocenters. The Kier molecular flexibility index (Phi) is 8.05. The van der Waals surface area contributed by atoms with Gasteiger partial charge in [-0.15, -0.1) is 0 Å². The molecule has 28 heavy (non-hydrogen) atoms. The van der Waals surface area contributed by atoms with E-state index >= 15 is 0 Å². The van der Waals surface area contributed by atoms with Crippen LogP contribution in [0.3, 0.4) is 0 Å². The minimum atomic E-state index is -0.597. The van der Waals surface area contributed by atoms with Crippen molar-refractivity contribution < 1.29 is 19.1 Å². The predicted molar refractivity (Wildman–Crippen MR) is 111 cm³/mol. The van der Waals surface area contributed by atoms with Crippen LogP contribution in [0, 0.1) is 13.8 Å². The van der Waals surface area contributed by atoms with Crippen molar-refractivity contribution in [2.24, 2.45) is 0 Å². The minimum absolute atomic E-state index is 0.222. The number of unbranched alkanes of at least 4 members (excludes halogenated alkanes) is 1. The number of hydrogen-bond acceptors (Lipinski definition) is 4. The van der Waals surface area contributed by atoms with Crippen molar-refractivity contribution in [3.63, 3.8) is 0 Å². The number of anilines is 1. The van der Waals surface area contributed by atoms with Crippen LogP contribution < -0.4 is 10.1 Å². The highest BCUT2D eigenvalue weighted by molar-refractivity contribution is 5.95. The SMILES string of the molecule is CCCCOC(=O)c1ccc(NC(=O)C(CC)Oc2ccc(C)cc2C)cc1. The van der Waals surface area contributed by atoms with Crippen molar-refractivity contribution in [1.82, 2.24) is 0 Å². The number of nitrogens with one attached hydrogen (secondary N) is 1. The normalized spacial score (nSPS) is 11.6. The quantitative estimate of drug-likeness (QED) is 0.486. The molecular formula is C23H29NO4. The number of ether oxygens (including phenoxy) is 2. The fourth-order valence-electron chi connectivity index (χ4n) is 2.71. The van der Waals surface area contributed by atoms with Gasteiger partial charge in [-0.3, -0.25) is 4.79 Å². The van der Waals surface area contributed by atoms with Crippen LogP contribution in [-0.4, -0.2) is 24.6 Å². The summed E-state index contributed by atoms with van der Waals surface area (Å²) in [6.07, 6.45) is 1.76. The van der Waals surface area contributed by atoms with Gasteiger partial charge in [0.05, 0.1) is 12.2 Å². The first-order chi connectivity index (χ1) is 13.4. The van der Waals surface area contributed by atoms with Crippen molar-refractivity contribution in [2.45, 2.75) is 53.1 Å². The number of esters is 1. The van der Waals surface area contributed by atoms with E-state index in [-0.39, 0.29) is 11.9 Å². The van der Waals surface area contributed by atoms with E-state index in [2.05, 4.69) is 5.32 Å². The predicted octanol–water partition coefficient (Wildman–Crippen LogP) is 5.06. The molecule has 2 aromatic rings. The lowest BCUT2D eigenvalue weighted by atomic mass is 10.1. The summed E-state index contributed by atoms with van der Waals surface area (Å²) in [5, 5.41) is 2.85. The molecule has 0 aliphatic rings. The molecule has 1 N–H and O–H groups in total. The first kappa shape index (κ1) is 21.5. The first-order valence-corrected chi connectivity index (χ1v) is 9.76. The maximum Gasteiger partial charge on any atom is 0.338 e. The molecule has 0 heterocycles. The molecule has 0 aliphatic carbocycles. The molecule has 0 aliphatic heterocycles. The third-order valence-corrected chi connectivity index (χ3v) is 4.38. The number of benzene rings is 2. The van der Waals surface area contributed by atoms with E-state index in [1.807, 2.05) is 45.9 Å². The van der Waals surface area contributed by atoms with Gasteiger partial charge in [-0.25, -0.2) is 4.79 Å². The maximum absolute atomic E-state index is 12.6. The second-order valence-corrected chi connectivity index (χ2v) is 6.84. The summed E-state index contributed by atoms with van der Waals surface area (Å²) in [5.74, 6) is 0.134. The van der Waals surface area contributed by atoms with Crippen molar-refractivity contribution in [3.8, 4) is 5.75 Å². The molecule has 2 rings (SSSR count). The van der Waals surface area contributed by atoms with Gasteiger partial charge in [0.2, 0.25) is 0 Å². The lowest BCUT2D eigenvalue weighted by Crippen LogP contribution is -2.32. The summed E-state index contributed by atoms with van der Waals surface area (Å²) in [6.45, 7) is 8.35. The summed E-state index contributed by atoms with van der Waals surface area (Å²) in [7, 11) is 0. The summed E-state index contributed by atoms with van der Waals surface area (Å²) in [4.78, 5) is 24.5. The third-order valence-electron chi connectivity index (χ3n) is 4.38. The monoisotopic (exact) mass is 383 g/mol. The lowest BCUT2D eigenvalue weighted by molar-refractivity contribution is -0.122. The van der Waals surface area contributed by atoms with Gasteiger partial charge in [-0.1, -0.05) is 38.0 Å². The Bertz CT molecular complexity index is 799. The molecule has 0 bridgehead atoms. The lowest BCUT2D eigenvalue weighted by Gasteiger charge is -2.19. The van der Waals surface area contributed by atoms with Gasteiger partial charge in [0, 0.05) is 5.69 Å². The molecule has 2 aromatic carbocycles. The van der Waals surface area contributed by atoms with Crippen molar-refractivity contribution in [3.05, 3.63) is 59.2 Å². The molecule has 0 saturated heterocycles. The zero-order chi connectivity index (χ0) is 20.5. The Balaban J connectivity index is 1.97. The van der Waals surface area contributed by atoms with Crippen LogP contribution >= 0.6 is 0 Å². The topological polar surface area (TPSA) is 64.6 Å². The molecule has 0 radical (unpaired) electrons. The van der Waals surface area contributed by atoms with Crippen LogP contribution in [0.2, 0.25) is 0 Å². The number of amides is 1. The summed E-state index contributed by atoms with van der Waals surface area (Å²) in [5.41, 5.74) is 3.22. The Morgan fingerprint density at radius 2 is 1.75 bits per heavy atom. The smallest absolute Gasteiger partial charge is 0.338 e. The molecule has 0 saturated carbocycles. The molecular weight excluding hydrogens is 354 g/mol. The number of carbonyl (C=O) groups excluding carboxylic acids is 2. The molecule has 5 heteroatoms. The van der Waals surface area contributed by atoms with Gasteiger partial charge in [0.15, 0.2) is 6.10 Å². The highest BCUT2D eigenvalue weighted by Gasteiger charge is 2.19. The fourth-order valence-corrected chi connectivity index (χ4v) is 2.71. The van der Waals surface area contributed by atoms with E-state index < -0.39 is 6.10 Å². The number of aryl methyl sites for hydroxylation is 2. The van der Waals surface area contributed by atoms with E-state index in [1.165, 1.54) is 0 Å². The van der Waals surface area contributed by atoms with Crippen molar-refractivity contribution >= 4 is 17.6 Å². The van der Waals surface area contributed by atoms with Crippen LogP contribution in [-0.2, 0) is 9.53 Å². The Morgan fingerprint density at radius 3 is 2.36 bits per heavy atom. The van der Waals surface area contributed by atoms with E-state index in [9.17, 15) is 9.59 Å². The summed E-state index contributed by atoms with van der Waals surface area (Å²) < 4.78 is 11.1. The van der Waals surface area contributed by atoms with Crippen molar-refractivity contribution in [1.29, 1.82) is 0 Å². The fraction of sp³-hybridized carbons (Fsp3) is 0.391. The van der Waals surface area contributed by atoms with E-state index in [0.29, 0.717) is 30.0 Å². The van der Waals surface area contributed by atoms with E-state index in [0.717, 1.165) is 24.0 Å². The first-order valence-electron chi connectivity index (χ1n) is 9.76. The molecule has 150 valence electrons. The average Bonchev–Trinajstić information content (AvgIpc) is 2.68. The van der Waals surface area contributed by atoms with Crippen LogP contribution in [0.5, 0.6) is 5.75 Å². The largest absolute Gasteiger partial charge is 0.480 e. The highest BCUT2D eigenvalue weighted by Crippen LogP contribution is 2.21. The van der Waals surface area contributed by atoms with Gasteiger partial charge in [0.25, 0.3) is 5.91 Å². The van der Waals surface area contributed by atoms with Gasteiger partial charge in [-0.05, 0) is 62.6 Å². The highest BCUT2D eigenvalue weighted by atomic mass is 16.5. The average molecular weight is 383 g/mol. The Labute approximate surface area is 167 Å². The maximum atomic E-state index is 12.6. The van der Waals surface area contributed by atoms with Crippen molar-refractivity contribution in [2.75, 3.05) is 11.9 Å². The second-order valence-electron chi connectivity index (χ2n) is 6.84. The van der Waals surface area contributed by atoms with E-state index in [4.69, 9.17) is 9.47 Å². The zero-order valence-corrected chi connectivity index (χ0v) is 17.1. The minimum Gasteiger partial charge on any atom is -0.480 e. The molecule has 0 spiro atoms. The third kappa shape index (κ3) is 6.12. The van der Waals surface area contributed by atoms with Crippen LogP contribution in [0.15, 0.2) is 42.5 Å². The van der Waals surface area contributed by atoms with Crippen LogP contribution in [0.25, 0.3) is 0 Å². The summed E-state index contributed by atoms with van der Waals surface area (Å²) in [6, 6.07) is 12.6. The zero-order valence-electron chi connectivity index (χ0n) is 17.1. The standard InChI is InChI=1S/C23H29NO4/c1-5-7-14-27-23(26)18-9-11-19(12-10-18)24-22(25)20(6-2)28-21-13-8-16(3)15-17(21)4/h8-13,15,20H,5-7,14H2,1-4H3,(H,24,25). The van der Waals surface area contributed by atoms with Gasteiger partial charge in [0.1, 0.15) is 5.75 Å². The van der Waals surface area contributed by atoms with Crippen LogP contribution in [0.4, 0.5) is 5.69 Å². The molecule has 1 amide bonds. The number of hydrogen-bond donors (Lipinski definition) is 1. The van der Waals surface area contributed by atoms with Crippen LogP contribution in [0.1, 0.15) is 54.6 Å². The number of carbonyl (C=O) groups is 2. The molecule has 1 atom stereocenters. The summed E-state index contributed by atoms with van der Waals surface area (Å²) >= 11 is 0. The number of rotatable bonds is 9. The Hall–Kier alpha value is -2.82. The second kappa shape index (κ2) is 10.5. The Morgan fingerprint density at radius 1 is 1.04 bits per heavy atom. The van der Waals surface area contributed by atoms with E-state index in [1.54, 1.807) is 24.3 Å². The van der Waals surface area contributed by atoms with Gasteiger partial charge in [-0.2, -0.15) is 0 Å². The van der Waals surface area contributed by atoms with Gasteiger partial charge >= 0.3 is 5.97 Å². The van der Waals surface area contributed by atoms with Gasteiger partial charge < -0.3 is 14.8 Å². The molecule has 5 nitrogen and oxygen atoms in total. The molecule has 0 fully saturated rings. The molecule has 0 aromatic heterocycles.